The minimum atomic E-state index is -3.91. The van der Waals surface area contributed by atoms with E-state index in [1.54, 1.807) is 45.9 Å². The first-order valence-electron chi connectivity index (χ1n) is 8.53. The van der Waals surface area contributed by atoms with E-state index in [0.29, 0.717) is 10.9 Å². The van der Waals surface area contributed by atoms with Crippen LogP contribution in [0.4, 0.5) is 4.79 Å². The van der Waals surface area contributed by atoms with Gasteiger partial charge in [0.1, 0.15) is 4.90 Å². The van der Waals surface area contributed by atoms with Crippen LogP contribution in [0.5, 0.6) is 5.75 Å². The number of alkyl halides is 1. The molecule has 0 fully saturated rings. The zero-order valence-corrected chi connectivity index (χ0v) is 18.6. The van der Waals surface area contributed by atoms with Crippen molar-refractivity contribution in [2.24, 2.45) is 0 Å². The summed E-state index contributed by atoms with van der Waals surface area (Å²) in [6, 6.07) is 11.0. The van der Waals surface area contributed by atoms with Crippen LogP contribution in [0.3, 0.4) is 0 Å². The molecule has 28 heavy (non-hydrogen) atoms. The number of sulfone groups is 1. The Bertz CT molecular complexity index is 1040. The lowest BCUT2D eigenvalue weighted by Crippen LogP contribution is -2.42. The number of rotatable bonds is 3. The Labute approximate surface area is 174 Å². The average Bonchev–Trinajstić information content (AvgIpc) is 2.60. The summed E-state index contributed by atoms with van der Waals surface area (Å²) in [4.78, 5) is 12.2. The summed E-state index contributed by atoms with van der Waals surface area (Å²) in [6.07, 6.45) is -0.718. The third-order valence-corrected chi connectivity index (χ3v) is 5.57. The molecule has 2 aromatic carbocycles. The molecule has 0 aromatic heterocycles. The normalized spacial score (nSPS) is 11.3. The smallest absolute Gasteiger partial charge is 0.409 e. The van der Waals surface area contributed by atoms with Gasteiger partial charge in [0.15, 0.2) is 5.75 Å². The van der Waals surface area contributed by atoms with E-state index in [1.807, 2.05) is 0 Å². The Morgan fingerprint density at radius 3 is 2.54 bits per heavy atom. The molecule has 0 heterocycles. The number of amides is 1. The van der Waals surface area contributed by atoms with Crippen molar-refractivity contribution in [1.82, 2.24) is 5.32 Å². The maximum Gasteiger partial charge on any atom is 0.413 e. The van der Waals surface area contributed by atoms with E-state index >= 15 is 0 Å². The van der Waals surface area contributed by atoms with E-state index in [-0.39, 0.29) is 15.5 Å². The van der Waals surface area contributed by atoms with Gasteiger partial charge in [-0.3, -0.25) is 0 Å². The maximum absolute atomic E-state index is 13.2. The highest BCUT2D eigenvalue weighted by Crippen LogP contribution is 2.31. The highest BCUT2D eigenvalue weighted by molar-refractivity contribution is 9.09. The maximum atomic E-state index is 13.2. The molecule has 2 aromatic rings. The Morgan fingerprint density at radius 2 is 1.89 bits per heavy atom. The Morgan fingerprint density at radius 1 is 1.18 bits per heavy atom. The minimum Gasteiger partial charge on any atom is -0.409 e. The summed E-state index contributed by atoms with van der Waals surface area (Å²) in [6.45, 7) is 7.19. The van der Waals surface area contributed by atoms with Crippen molar-refractivity contribution in [1.29, 1.82) is 0 Å². The van der Waals surface area contributed by atoms with Gasteiger partial charge in [0.25, 0.3) is 0 Å². The summed E-state index contributed by atoms with van der Waals surface area (Å²) in [7, 11) is -3.91. The molecule has 0 aliphatic rings. The number of halogens is 1. The van der Waals surface area contributed by atoms with Crippen LogP contribution in [0.15, 0.2) is 52.3 Å². The zero-order valence-electron chi connectivity index (χ0n) is 16.2. The second kappa shape index (κ2) is 8.80. The molecule has 0 bridgehead atoms. The summed E-state index contributed by atoms with van der Waals surface area (Å²) < 4.78 is 31.8. The van der Waals surface area contributed by atoms with Gasteiger partial charge in [-0.2, -0.15) is 0 Å². The summed E-state index contributed by atoms with van der Waals surface area (Å²) >= 11 is 3.22. The molecule has 0 saturated carbocycles. The van der Waals surface area contributed by atoms with Crippen molar-refractivity contribution in [2.75, 3.05) is 5.33 Å². The molecule has 0 aliphatic heterocycles. The molecular weight excluding hydrogens is 442 g/mol. The predicted octanol–water partition coefficient (Wildman–Crippen LogP) is 4.46. The summed E-state index contributed by atoms with van der Waals surface area (Å²) in [5.74, 6) is 5.71. The Balaban J connectivity index is 2.48. The molecule has 0 aliphatic carbocycles. The SMILES string of the molecule is Cc1ccc(OC(=O)NC(C)(C)C)c(S(=O)(=O)c2cccc(C#CCBr)c2)c1. The standard InChI is InChI=1S/C21H22BrNO4S/c1-15-10-11-18(27-20(24)23-21(2,3)4)19(13-15)28(25,26)17-9-5-7-16(14-17)8-6-12-22/h5,7,9-11,13-14H,12H2,1-4H3,(H,23,24). The minimum absolute atomic E-state index is 0.0238. The number of carbonyl (C=O) groups is 1. The van der Waals surface area contributed by atoms with Crippen molar-refractivity contribution in [3.05, 3.63) is 53.6 Å². The molecule has 0 spiro atoms. The van der Waals surface area contributed by atoms with Crippen LogP contribution in [0.25, 0.3) is 0 Å². The van der Waals surface area contributed by atoms with Gasteiger partial charge in [-0.1, -0.05) is 39.9 Å². The van der Waals surface area contributed by atoms with Gasteiger partial charge in [0.2, 0.25) is 9.84 Å². The van der Waals surface area contributed by atoms with E-state index in [1.165, 1.54) is 24.3 Å². The molecule has 1 N–H and O–H groups in total. The topological polar surface area (TPSA) is 72.5 Å². The van der Waals surface area contributed by atoms with Crippen LogP contribution in [-0.2, 0) is 9.84 Å². The molecule has 5 nitrogen and oxygen atoms in total. The fourth-order valence-corrected chi connectivity index (χ4v) is 3.99. The number of nitrogens with one attached hydrogen (secondary N) is 1. The third-order valence-electron chi connectivity index (χ3n) is 3.51. The molecule has 0 saturated heterocycles. The summed E-state index contributed by atoms with van der Waals surface area (Å²) in [5, 5.41) is 3.14. The van der Waals surface area contributed by atoms with Gasteiger partial charge in [-0.15, -0.1) is 0 Å². The molecule has 2 rings (SSSR count). The number of ether oxygens (including phenoxy) is 1. The Hall–Kier alpha value is -2.30. The lowest BCUT2D eigenvalue weighted by atomic mass is 10.1. The van der Waals surface area contributed by atoms with Gasteiger partial charge in [0.05, 0.1) is 10.2 Å². The van der Waals surface area contributed by atoms with E-state index in [4.69, 9.17) is 4.74 Å². The van der Waals surface area contributed by atoms with Crippen molar-refractivity contribution >= 4 is 31.9 Å². The van der Waals surface area contributed by atoms with Crippen LogP contribution in [-0.4, -0.2) is 25.4 Å². The number of aryl methyl sites for hydroxylation is 1. The number of hydrogen-bond donors (Lipinski definition) is 1. The first-order valence-corrected chi connectivity index (χ1v) is 11.1. The number of hydrogen-bond acceptors (Lipinski definition) is 4. The first-order chi connectivity index (χ1) is 13.0. The number of benzene rings is 2. The van der Waals surface area contributed by atoms with E-state index < -0.39 is 21.5 Å². The van der Waals surface area contributed by atoms with Gasteiger partial charge in [-0.05, 0) is 63.6 Å². The lowest BCUT2D eigenvalue weighted by molar-refractivity contribution is 0.189. The predicted molar refractivity (Wildman–Crippen MR) is 113 cm³/mol. The monoisotopic (exact) mass is 463 g/mol. The second-order valence-corrected chi connectivity index (χ2v) is 9.66. The van der Waals surface area contributed by atoms with Crippen LogP contribution in [0.1, 0.15) is 31.9 Å². The van der Waals surface area contributed by atoms with E-state index in [2.05, 4.69) is 33.1 Å². The van der Waals surface area contributed by atoms with Crippen LogP contribution < -0.4 is 10.1 Å². The Kier molecular flexibility index (Phi) is 6.91. The van der Waals surface area contributed by atoms with Crippen molar-refractivity contribution in [2.45, 2.75) is 43.0 Å². The first kappa shape index (κ1) is 22.0. The molecule has 0 radical (unpaired) electrons. The van der Waals surface area contributed by atoms with Crippen LogP contribution in [0, 0.1) is 18.8 Å². The van der Waals surface area contributed by atoms with Crippen molar-refractivity contribution < 1.29 is 17.9 Å². The van der Waals surface area contributed by atoms with Gasteiger partial charge in [-0.25, -0.2) is 13.2 Å². The highest BCUT2D eigenvalue weighted by Gasteiger charge is 2.25. The van der Waals surface area contributed by atoms with Crippen molar-refractivity contribution in [3.63, 3.8) is 0 Å². The second-order valence-electron chi connectivity index (χ2n) is 7.18. The van der Waals surface area contributed by atoms with Gasteiger partial charge in [0, 0.05) is 11.1 Å². The zero-order chi connectivity index (χ0) is 20.9. The van der Waals surface area contributed by atoms with E-state index in [0.717, 1.165) is 5.56 Å². The molecule has 0 atom stereocenters. The van der Waals surface area contributed by atoms with Crippen LogP contribution in [0.2, 0.25) is 0 Å². The molecule has 7 heteroatoms. The van der Waals surface area contributed by atoms with Gasteiger partial charge < -0.3 is 10.1 Å². The highest BCUT2D eigenvalue weighted by atomic mass is 79.9. The molecule has 0 unspecified atom stereocenters. The van der Waals surface area contributed by atoms with Gasteiger partial charge >= 0.3 is 6.09 Å². The lowest BCUT2D eigenvalue weighted by Gasteiger charge is -2.20. The quantitative estimate of drug-likeness (QED) is 0.538. The van der Waals surface area contributed by atoms with E-state index in [9.17, 15) is 13.2 Å². The van der Waals surface area contributed by atoms with Crippen molar-refractivity contribution in [3.8, 4) is 17.6 Å². The fraction of sp³-hybridized carbons (Fsp3) is 0.286. The average molecular weight is 464 g/mol. The van der Waals surface area contributed by atoms with Crippen LogP contribution >= 0.6 is 15.9 Å². The fourth-order valence-electron chi connectivity index (χ4n) is 2.34. The molecular formula is C21H22BrNO4S. The number of carbonyl (C=O) groups excluding carboxylic acids is 1. The molecule has 148 valence electrons. The molecule has 1 amide bonds. The largest absolute Gasteiger partial charge is 0.413 e. The third kappa shape index (κ3) is 5.85. The summed E-state index contributed by atoms with van der Waals surface area (Å²) in [5.41, 5.74) is 0.807.